The zero-order valence-electron chi connectivity index (χ0n) is 12.7. The summed E-state index contributed by atoms with van der Waals surface area (Å²) in [5.41, 5.74) is 3.94. The van der Waals surface area contributed by atoms with Gasteiger partial charge in [0.05, 0.1) is 21.1 Å². The van der Waals surface area contributed by atoms with E-state index in [4.69, 9.17) is 0 Å². The molecule has 20 heavy (non-hydrogen) atoms. The summed E-state index contributed by atoms with van der Waals surface area (Å²) >= 11 is 0. The lowest BCUT2D eigenvalue weighted by Gasteiger charge is -2.34. The molecule has 0 radical (unpaired) electrons. The Labute approximate surface area is 122 Å². The molecule has 2 rings (SSSR count). The number of quaternary nitrogens is 1. The summed E-state index contributed by atoms with van der Waals surface area (Å²) < 4.78 is 0.919. The quantitative estimate of drug-likeness (QED) is 0.707. The van der Waals surface area contributed by atoms with Crippen LogP contribution in [0.1, 0.15) is 22.7 Å². The molecule has 0 saturated heterocycles. The van der Waals surface area contributed by atoms with E-state index in [0.717, 1.165) is 10.9 Å². The molecule has 1 atom stereocenters. The van der Waals surface area contributed by atoms with Crippen molar-refractivity contribution in [3.05, 3.63) is 77.9 Å². The molecule has 0 aliphatic heterocycles. The second kappa shape index (κ2) is 6.06. The Morgan fingerprint density at radius 2 is 1.55 bits per heavy atom. The van der Waals surface area contributed by atoms with Crippen molar-refractivity contribution in [1.82, 2.24) is 0 Å². The first-order valence-electron chi connectivity index (χ1n) is 7.08. The fourth-order valence-electron chi connectivity index (χ4n) is 2.53. The molecule has 1 unspecified atom stereocenters. The highest BCUT2D eigenvalue weighted by Crippen LogP contribution is 2.27. The molecule has 0 saturated carbocycles. The molecule has 0 aliphatic carbocycles. The Bertz CT molecular complexity index is 547. The van der Waals surface area contributed by atoms with Crippen LogP contribution >= 0.6 is 0 Å². The largest absolute Gasteiger partial charge is 0.324 e. The van der Waals surface area contributed by atoms with Crippen LogP contribution < -0.4 is 0 Å². The normalized spacial score (nSPS) is 12.9. The molecule has 0 heterocycles. The van der Waals surface area contributed by atoms with Crippen LogP contribution in [-0.4, -0.2) is 25.6 Å². The minimum absolute atomic E-state index is 0.455. The van der Waals surface area contributed by atoms with Crippen molar-refractivity contribution in [2.45, 2.75) is 12.5 Å². The van der Waals surface area contributed by atoms with Gasteiger partial charge in [0, 0.05) is 12.0 Å². The highest BCUT2D eigenvalue weighted by Gasteiger charge is 2.25. The molecule has 0 aliphatic rings. The maximum absolute atomic E-state index is 3.82. The minimum atomic E-state index is 0.455. The highest BCUT2D eigenvalue weighted by atomic mass is 15.3. The van der Waals surface area contributed by atoms with Gasteiger partial charge in [-0.25, -0.2) is 0 Å². The SMILES string of the molecule is C=Cc1ccc(C(Cc2ccccc2)[N+](C)(C)C)cc1. The fraction of sp³-hybridized carbons (Fsp3) is 0.263. The Morgan fingerprint density at radius 3 is 2.05 bits per heavy atom. The van der Waals surface area contributed by atoms with Crippen molar-refractivity contribution < 1.29 is 4.48 Å². The molecule has 0 fully saturated rings. The van der Waals surface area contributed by atoms with Crippen molar-refractivity contribution in [3.63, 3.8) is 0 Å². The molecule has 0 aromatic heterocycles. The van der Waals surface area contributed by atoms with Crippen molar-refractivity contribution in [2.24, 2.45) is 0 Å². The number of nitrogens with zero attached hydrogens (tertiary/aromatic N) is 1. The Hall–Kier alpha value is -1.86. The average molecular weight is 266 g/mol. The van der Waals surface area contributed by atoms with Gasteiger partial charge in [0.2, 0.25) is 0 Å². The average Bonchev–Trinajstić information content (AvgIpc) is 2.45. The molecule has 104 valence electrons. The number of likely N-dealkylation sites (N-methyl/N-ethyl adjacent to an activating group) is 1. The summed E-state index contributed by atoms with van der Waals surface area (Å²) in [6, 6.07) is 19.9. The number of hydrogen-bond donors (Lipinski definition) is 0. The third kappa shape index (κ3) is 3.58. The minimum Gasteiger partial charge on any atom is -0.324 e. The van der Waals surface area contributed by atoms with Crippen molar-refractivity contribution in [3.8, 4) is 0 Å². The van der Waals surface area contributed by atoms with Gasteiger partial charge in [-0.1, -0.05) is 67.3 Å². The van der Waals surface area contributed by atoms with E-state index in [1.807, 2.05) is 6.08 Å². The molecule has 0 bridgehead atoms. The van der Waals surface area contributed by atoms with Crippen molar-refractivity contribution >= 4 is 6.08 Å². The standard InChI is InChI=1S/C19H24N/c1-5-16-11-13-18(14-12-16)19(20(2,3)4)15-17-9-7-6-8-10-17/h5-14,19H,1,15H2,2-4H3/q+1. The van der Waals surface area contributed by atoms with E-state index in [1.165, 1.54) is 16.7 Å². The molecular formula is C19H24N+. The molecule has 1 nitrogen and oxygen atoms in total. The molecule has 0 N–H and O–H groups in total. The van der Waals surface area contributed by atoms with Crippen molar-refractivity contribution in [1.29, 1.82) is 0 Å². The Morgan fingerprint density at radius 1 is 0.950 bits per heavy atom. The summed E-state index contributed by atoms with van der Waals surface area (Å²) in [5, 5.41) is 0. The number of hydrogen-bond acceptors (Lipinski definition) is 0. The first kappa shape index (κ1) is 14.5. The van der Waals surface area contributed by atoms with E-state index >= 15 is 0 Å². The second-order valence-corrected chi connectivity index (χ2v) is 6.19. The van der Waals surface area contributed by atoms with E-state index < -0.39 is 0 Å². The lowest BCUT2D eigenvalue weighted by molar-refractivity contribution is -0.902. The molecule has 2 aromatic rings. The topological polar surface area (TPSA) is 0 Å². The van der Waals surface area contributed by atoms with Crippen LogP contribution in [0.3, 0.4) is 0 Å². The predicted octanol–water partition coefficient (Wildman–Crippen LogP) is 4.32. The van der Waals surface area contributed by atoms with Crippen LogP contribution in [0.2, 0.25) is 0 Å². The maximum atomic E-state index is 3.82. The summed E-state index contributed by atoms with van der Waals surface area (Å²) in [7, 11) is 6.78. The molecule has 2 aromatic carbocycles. The lowest BCUT2D eigenvalue weighted by atomic mass is 9.96. The summed E-state index contributed by atoms with van der Waals surface area (Å²) in [6.45, 7) is 3.82. The van der Waals surface area contributed by atoms with E-state index in [-0.39, 0.29) is 0 Å². The summed E-state index contributed by atoms with van der Waals surface area (Å²) in [6.07, 6.45) is 2.94. The molecule has 0 spiro atoms. The fourth-order valence-corrected chi connectivity index (χ4v) is 2.53. The predicted molar refractivity (Wildman–Crippen MR) is 87.5 cm³/mol. The van der Waals surface area contributed by atoms with Gasteiger partial charge in [-0.3, -0.25) is 0 Å². The van der Waals surface area contributed by atoms with Crippen LogP contribution in [-0.2, 0) is 6.42 Å². The van der Waals surface area contributed by atoms with E-state index in [0.29, 0.717) is 6.04 Å². The van der Waals surface area contributed by atoms with E-state index in [2.05, 4.69) is 82.3 Å². The van der Waals surface area contributed by atoms with Crippen LogP contribution in [0.25, 0.3) is 6.08 Å². The molecule has 1 heteroatoms. The van der Waals surface area contributed by atoms with Gasteiger partial charge in [-0.2, -0.15) is 0 Å². The Kier molecular flexibility index (Phi) is 4.41. The van der Waals surface area contributed by atoms with Crippen molar-refractivity contribution in [2.75, 3.05) is 21.1 Å². The summed E-state index contributed by atoms with van der Waals surface area (Å²) in [5.74, 6) is 0. The van der Waals surface area contributed by atoms with Gasteiger partial charge in [0.15, 0.2) is 0 Å². The van der Waals surface area contributed by atoms with Crippen LogP contribution in [0, 0.1) is 0 Å². The van der Waals surface area contributed by atoms with Gasteiger partial charge in [-0.05, 0) is 11.1 Å². The molecule has 0 amide bonds. The van der Waals surface area contributed by atoms with Crippen LogP contribution in [0.4, 0.5) is 0 Å². The van der Waals surface area contributed by atoms with E-state index in [1.54, 1.807) is 0 Å². The summed E-state index contributed by atoms with van der Waals surface area (Å²) in [4.78, 5) is 0. The van der Waals surface area contributed by atoms with Gasteiger partial charge in [0.25, 0.3) is 0 Å². The lowest BCUT2D eigenvalue weighted by Crippen LogP contribution is -2.40. The zero-order valence-corrected chi connectivity index (χ0v) is 12.7. The van der Waals surface area contributed by atoms with Gasteiger partial charge in [0.1, 0.15) is 6.04 Å². The second-order valence-electron chi connectivity index (χ2n) is 6.19. The van der Waals surface area contributed by atoms with Gasteiger partial charge < -0.3 is 4.48 Å². The number of benzene rings is 2. The Balaban J connectivity index is 2.30. The first-order valence-corrected chi connectivity index (χ1v) is 7.08. The van der Waals surface area contributed by atoms with Gasteiger partial charge in [-0.15, -0.1) is 0 Å². The smallest absolute Gasteiger partial charge is 0.118 e. The number of rotatable bonds is 5. The molecular weight excluding hydrogens is 242 g/mol. The van der Waals surface area contributed by atoms with Crippen LogP contribution in [0.15, 0.2) is 61.2 Å². The third-order valence-electron chi connectivity index (χ3n) is 3.76. The van der Waals surface area contributed by atoms with Gasteiger partial charge >= 0.3 is 0 Å². The zero-order chi connectivity index (χ0) is 14.6. The maximum Gasteiger partial charge on any atom is 0.118 e. The highest BCUT2D eigenvalue weighted by molar-refractivity contribution is 5.47. The monoisotopic (exact) mass is 266 g/mol. The third-order valence-corrected chi connectivity index (χ3v) is 3.76. The van der Waals surface area contributed by atoms with Crippen LogP contribution in [0.5, 0.6) is 0 Å². The van der Waals surface area contributed by atoms with E-state index in [9.17, 15) is 0 Å². The first-order chi connectivity index (χ1) is 9.50.